The van der Waals surface area contributed by atoms with E-state index in [4.69, 9.17) is 14.2 Å². The Balaban J connectivity index is 1.90. The molecule has 1 saturated heterocycles. The van der Waals surface area contributed by atoms with Crippen molar-refractivity contribution in [3.8, 4) is 0 Å². The van der Waals surface area contributed by atoms with E-state index in [1.165, 1.54) is 12.1 Å². The van der Waals surface area contributed by atoms with E-state index in [2.05, 4.69) is 11.9 Å². The summed E-state index contributed by atoms with van der Waals surface area (Å²) >= 11 is 0. The van der Waals surface area contributed by atoms with Crippen molar-refractivity contribution in [1.29, 1.82) is 0 Å². The lowest BCUT2D eigenvalue weighted by molar-refractivity contribution is -0.213. The molecule has 1 heterocycles. The predicted octanol–water partition coefficient (Wildman–Crippen LogP) is 3.25. The fraction of sp³-hybridized carbons (Fsp3) is 0.684. The van der Waals surface area contributed by atoms with Gasteiger partial charge in [-0.1, -0.05) is 0 Å². The molecule has 0 aromatic heterocycles. The van der Waals surface area contributed by atoms with Crippen molar-refractivity contribution in [2.24, 2.45) is 5.92 Å². The Morgan fingerprint density at radius 2 is 2.00 bits per heavy atom. The number of anilines is 1. The third kappa shape index (κ3) is 3.05. The van der Waals surface area contributed by atoms with Gasteiger partial charge in [0, 0.05) is 39.5 Å². The molecule has 1 aliphatic carbocycles. The average Bonchev–Trinajstić information content (AvgIpc) is 2.62. The van der Waals surface area contributed by atoms with Crippen LogP contribution in [-0.4, -0.2) is 52.2 Å². The first-order chi connectivity index (χ1) is 11.6. The van der Waals surface area contributed by atoms with Gasteiger partial charge in [-0.2, -0.15) is 0 Å². The number of benzene rings is 1. The Morgan fingerprint density at radius 3 is 2.67 bits per heavy atom. The van der Waals surface area contributed by atoms with Crippen molar-refractivity contribution in [3.63, 3.8) is 0 Å². The fourth-order valence-corrected chi connectivity index (χ4v) is 4.62. The van der Waals surface area contributed by atoms with Crippen molar-refractivity contribution in [2.45, 2.75) is 43.4 Å². The van der Waals surface area contributed by atoms with Crippen LogP contribution in [0.15, 0.2) is 24.3 Å². The molecule has 1 unspecified atom stereocenters. The van der Waals surface area contributed by atoms with Crippen molar-refractivity contribution in [3.05, 3.63) is 30.1 Å². The highest BCUT2D eigenvalue weighted by Gasteiger charge is 2.55. The Bertz CT molecular complexity index is 538. The molecule has 3 rings (SSSR count). The minimum absolute atomic E-state index is 0.0397. The number of hydrogen-bond acceptors (Lipinski definition) is 4. The number of methoxy groups -OCH3 is 2. The highest BCUT2D eigenvalue weighted by molar-refractivity contribution is 5.47. The lowest BCUT2D eigenvalue weighted by atomic mass is 9.68. The summed E-state index contributed by atoms with van der Waals surface area (Å²) in [6, 6.07) is 6.89. The van der Waals surface area contributed by atoms with Gasteiger partial charge in [-0.3, -0.25) is 0 Å². The average molecular weight is 337 g/mol. The molecule has 5 heteroatoms. The first-order valence-corrected chi connectivity index (χ1v) is 8.76. The molecule has 0 amide bonds. The molecule has 24 heavy (non-hydrogen) atoms. The van der Waals surface area contributed by atoms with Crippen LogP contribution in [0.25, 0.3) is 0 Å². The van der Waals surface area contributed by atoms with Gasteiger partial charge in [0.15, 0.2) is 0 Å². The van der Waals surface area contributed by atoms with E-state index in [-0.39, 0.29) is 23.6 Å². The van der Waals surface area contributed by atoms with Gasteiger partial charge >= 0.3 is 0 Å². The van der Waals surface area contributed by atoms with Gasteiger partial charge in [-0.25, -0.2) is 4.39 Å². The zero-order chi connectivity index (χ0) is 17.2. The van der Waals surface area contributed by atoms with Gasteiger partial charge in [-0.15, -0.1) is 0 Å². The minimum atomic E-state index is -0.344. The third-order valence-electron chi connectivity index (χ3n) is 5.76. The summed E-state index contributed by atoms with van der Waals surface area (Å²) in [5, 5.41) is 0. The summed E-state index contributed by atoms with van der Waals surface area (Å²) in [6.45, 7) is 1.48. The Kier molecular flexibility index (Phi) is 5.42. The minimum Gasteiger partial charge on any atom is -0.384 e. The smallest absolute Gasteiger partial charge is 0.123 e. The summed E-state index contributed by atoms with van der Waals surface area (Å²) in [4.78, 5) is 2.23. The van der Waals surface area contributed by atoms with Gasteiger partial charge in [0.05, 0.1) is 18.8 Å². The summed E-state index contributed by atoms with van der Waals surface area (Å²) in [7, 11) is 5.61. The number of hydrogen-bond donors (Lipinski definition) is 0. The number of halogens is 1. The number of fused-ring (bicyclic) bond motifs is 1. The summed E-state index contributed by atoms with van der Waals surface area (Å²) in [6.07, 6.45) is 4.07. The molecule has 1 aromatic carbocycles. The zero-order valence-electron chi connectivity index (χ0n) is 14.8. The van der Waals surface area contributed by atoms with Gasteiger partial charge in [-0.05, 0) is 49.9 Å². The maximum Gasteiger partial charge on any atom is 0.123 e. The standard InChI is InChI=1S/C19H28FNO3/c1-21(16-8-6-15(20)7-9-16)17-10-5-14(13-22-2)18-19(17,23-3)11-4-12-24-18/h6-9,14,17-18H,4-5,10-13H2,1-3H3/t14?,17-,18+,19+/m0/s1. The molecule has 2 aliphatic rings. The Morgan fingerprint density at radius 1 is 1.25 bits per heavy atom. The molecule has 4 atom stereocenters. The fourth-order valence-electron chi connectivity index (χ4n) is 4.62. The van der Waals surface area contributed by atoms with E-state index < -0.39 is 0 Å². The van der Waals surface area contributed by atoms with Crippen LogP contribution in [0.5, 0.6) is 0 Å². The van der Waals surface area contributed by atoms with E-state index in [9.17, 15) is 4.39 Å². The monoisotopic (exact) mass is 337 g/mol. The van der Waals surface area contributed by atoms with Crippen LogP contribution in [0, 0.1) is 11.7 Å². The predicted molar refractivity (Wildman–Crippen MR) is 91.9 cm³/mol. The van der Waals surface area contributed by atoms with E-state index in [1.807, 2.05) is 12.1 Å². The van der Waals surface area contributed by atoms with Crippen molar-refractivity contribution in [2.75, 3.05) is 39.4 Å². The molecule has 0 radical (unpaired) electrons. The van der Waals surface area contributed by atoms with Crippen molar-refractivity contribution >= 4 is 5.69 Å². The molecule has 0 N–H and O–H groups in total. The van der Waals surface area contributed by atoms with Gasteiger partial charge in [0.1, 0.15) is 11.4 Å². The highest BCUT2D eigenvalue weighted by Crippen LogP contribution is 2.45. The van der Waals surface area contributed by atoms with Crippen LogP contribution in [0.3, 0.4) is 0 Å². The van der Waals surface area contributed by atoms with Crippen LogP contribution in [-0.2, 0) is 14.2 Å². The topological polar surface area (TPSA) is 30.9 Å². The molecule has 4 nitrogen and oxygen atoms in total. The first-order valence-electron chi connectivity index (χ1n) is 8.76. The van der Waals surface area contributed by atoms with Crippen LogP contribution < -0.4 is 4.90 Å². The SMILES string of the molecule is COCC1CC[C@H](N(C)c2ccc(F)cc2)[C@]2(OC)CCCO[C@H]12. The number of nitrogens with zero attached hydrogens (tertiary/aromatic N) is 1. The number of rotatable bonds is 5. The zero-order valence-corrected chi connectivity index (χ0v) is 14.8. The van der Waals surface area contributed by atoms with Crippen molar-refractivity contribution in [1.82, 2.24) is 0 Å². The molecule has 0 bridgehead atoms. The second-order valence-corrected chi connectivity index (χ2v) is 6.95. The summed E-state index contributed by atoms with van der Waals surface area (Å²) in [5.41, 5.74) is 0.662. The van der Waals surface area contributed by atoms with E-state index in [0.717, 1.165) is 38.0 Å². The molecule has 1 aliphatic heterocycles. The number of likely N-dealkylation sites (N-methyl/N-ethyl adjacent to an activating group) is 1. The van der Waals surface area contributed by atoms with Gasteiger partial charge in [0.2, 0.25) is 0 Å². The van der Waals surface area contributed by atoms with Crippen LogP contribution in [0.1, 0.15) is 25.7 Å². The normalized spacial score (nSPS) is 33.1. The number of ether oxygens (including phenoxy) is 3. The van der Waals surface area contributed by atoms with E-state index in [1.54, 1.807) is 14.2 Å². The largest absolute Gasteiger partial charge is 0.384 e. The molecule has 1 aromatic rings. The first kappa shape index (κ1) is 17.6. The molecule has 2 fully saturated rings. The molecule has 0 spiro atoms. The maximum atomic E-state index is 13.3. The molecular weight excluding hydrogens is 309 g/mol. The Labute approximate surface area is 143 Å². The summed E-state index contributed by atoms with van der Waals surface area (Å²) < 4.78 is 31.0. The van der Waals surface area contributed by atoms with Crippen LogP contribution >= 0.6 is 0 Å². The van der Waals surface area contributed by atoms with Crippen LogP contribution in [0.4, 0.5) is 10.1 Å². The van der Waals surface area contributed by atoms with Crippen LogP contribution in [0.2, 0.25) is 0 Å². The maximum absolute atomic E-state index is 13.3. The second-order valence-electron chi connectivity index (χ2n) is 6.95. The second kappa shape index (κ2) is 7.38. The lowest BCUT2D eigenvalue weighted by Gasteiger charge is -2.56. The summed E-state index contributed by atoms with van der Waals surface area (Å²) in [5.74, 6) is 0.143. The quantitative estimate of drug-likeness (QED) is 0.825. The van der Waals surface area contributed by atoms with Gasteiger partial charge < -0.3 is 19.1 Å². The van der Waals surface area contributed by atoms with E-state index >= 15 is 0 Å². The lowest BCUT2D eigenvalue weighted by Crippen LogP contribution is -2.67. The highest BCUT2D eigenvalue weighted by atomic mass is 19.1. The molecular formula is C19H28FNO3. The van der Waals surface area contributed by atoms with Crippen molar-refractivity contribution < 1.29 is 18.6 Å². The Hall–Kier alpha value is -1.17. The van der Waals surface area contributed by atoms with Gasteiger partial charge in [0.25, 0.3) is 0 Å². The molecule has 134 valence electrons. The van der Waals surface area contributed by atoms with E-state index in [0.29, 0.717) is 12.5 Å². The third-order valence-corrected chi connectivity index (χ3v) is 5.76. The molecule has 1 saturated carbocycles.